The molecule has 1 saturated heterocycles. The predicted molar refractivity (Wildman–Crippen MR) is 118 cm³/mol. The van der Waals surface area contributed by atoms with Gasteiger partial charge in [0.05, 0.1) is 26.4 Å². The zero-order chi connectivity index (χ0) is 20.8. The lowest BCUT2D eigenvalue weighted by Crippen LogP contribution is -2.50. The van der Waals surface area contributed by atoms with E-state index in [0.29, 0.717) is 17.0 Å². The third kappa shape index (κ3) is 5.56. The molecule has 2 atom stereocenters. The fourth-order valence-electron chi connectivity index (χ4n) is 4.00. The number of halogens is 1. The molecule has 158 valence electrons. The van der Waals surface area contributed by atoms with Gasteiger partial charge in [-0.05, 0) is 48.7 Å². The molecule has 0 amide bonds. The van der Waals surface area contributed by atoms with Gasteiger partial charge < -0.3 is 19.5 Å². The third-order valence-corrected chi connectivity index (χ3v) is 5.82. The quantitative estimate of drug-likeness (QED) is 0.702. The topological polar surface area (TPSA) is 43.0 Å². The van der Waals surface area contributed by atoms with Crippen molar-refractivity contribution in [1.29, 1.82) is 0 Å². The first-order chi connectivity index (χ1) is 14.0. The lowest BCUT2D eigenvalue weighted by Gasteiger charge is -2.34. The summed E-state index contributed by atoms with van der Waals surface area (Å²) in [6.07, 6.45) is 0.892. The number of methoxy groups -OCH3 is 3. The molecule has 0 bridgehead atoms. The van der Waals surface area contributed by atoms with E-state index in [-0.39, 0.29) is 0 Å². The van der Waals surface area contributed by atoms with Crippen LogP contribution in [0.25, 0.3) is 0 Å². The highest BCUT2D eigenvalue weighted by molar-refractivity contribution is 6.32. The van der Waals surface area contributed by atoms with Gasteiger partial charge in [-0.2, -0.15) is 0 Å². The molecule has 0 spiro atoms. The first kappa shape index (κ1) is 21.8. The van der Waals surface area contributed by atoms with Crippen molar-refractivity contribution in [3.05, 3.63) is 52.5 Å². The maximum absolute atomic E-state index is 6.27. The summed E-state index contributed by atoms with van der Waals surface area (Å²) in [5, 5.41) is 4.15. The van der Waals surface area contributed by atoms with Crippen LogP contribution in [-0.2, 0) is 6.42 Å². The molecule has 1 heterocycles. The maximum Gasteiger partial charge on any atom is 0.160 e. The Bertz CT molecular complexity index is 815. The Morgan fingerprint density at radius 1 is 1.03 bits per heavy atom. The molecule has 1 aliphatic heterocycles. The van der Waals surface area contributed by atoms with E-state index in [1.807, 2.05) is 12.1 Å². The zero-order valence-electron chi connectivity index (χ0n) is 17.7. The number of ether oxygens (including phenoxy) is 3. The van der Waals surface area contributed by atoms with Crippen molar-refractivity contribution in [3.63, 3.8) is 0 Å². The molecule has 2 aromatic carbocycles. The SMILES string of the molecule is COc1cc(C(Cc2ccc(OC)c(OC)c2)CN2CCNC(C)C2)ccc1Cl. The Balaban J connectivity index is 1.88. The van der Waals surface area contributed by atoms with Crippen LogP contribution in [0.2, 0.25) is 5.02 Å². The van der Waals surface area contributed by atoms with Crippen molar-refractivity contribution in [2.45, 2.75) is 25.3 Å². The van der Waals surface area contributed by atoms with Gasteiger partial charge in [-0.3, -0.25) is 4.90 Å². The fraction of sp³-hybridized carbons (Fsp3) is 0.478. The highest BCUT2D eigenvalue weighted by Gasteiger charge is 2.22. The van der Waals surface area contributed by atoms with E-state index in [1.165, 1.54) is 11.1 Å². The van der Waals surface area contributed by atoms with Crippen LogP contribution >= 0.6 is 11.6 Å². The fourth-order valence-corrected chi connectivity index (χ4v) is 4.19. The third-order valence-electron chi connectivity index (χ3n) is 5.51. The molecule has 6 heteroatoms. The molecule has 2 aromatic rings. The van der Waals surface area contributed by atoms with Gasteiger partial charge in [-0.25, -0.2) is 0 Å². The molecule has 1 N–H and O–H groups in total. The lowest BCUT2D eigenvalue weighted by molar-refractivity contribution is 0.195. The van der Waals surface area contributed by atoms with Crippen molar-refractivity contribution >= 4 is 11.6 Å². The van der Waals surface area contributed by atoms with Crippen LogP contribution in [0.4, 0.5) is 0 Å². The minimum atomic E-state index is 0.310. The molecule has 0 aromatic heterocycles. The number of hydrogen-bond donors (Lipinski definition) is 1. The minimum Gasteiger partial charge on any atom is -0.495 e. The summed E-state index contributed by atoms with van der Waals surface area (Å²) in [6, 6.07) is 12.8. The first-order valence-electron chi connectivity index (χ1n) is 10.0. The standard InChI is InChI=1S/C23H31ClN2O3/c1-16-14-26(10-9-25-16)15-19(18-6-7-20(24)22(13-18)28-3)11-17-5-8-21(27-2)23(12-17)29-4/h5-8,12-13,16,19,25H,9-11,14-15H2,1-4H3. The summed E-state index contributed by atoms with van der Waals surface area (Å²) in [6.45, 7) is 6.34. The maximum atomic E-state index is 6.27. The molecular formula is C23H31ClN2O3. The molecular weight excluding hydrogens is 388 g/mol. The number of hydrogen-bond acceptors (Lipinski definition) is 5. The van der Waals surface area contributed by atoms with Gasteiger partial charge in [0.25, 0.3) is 0 Å². The molecule has 0 aliphatic carbocycles. The lowest BCUT2D eigenvalue weighted by atomic mass is 9.90. The number of nitrogens with zero attached hydrogens (tertiary/aromatic N) is 1. The molecule has 5 nitrogen and oxygen atoms in total. The van der Waals surface area contributed by atoms with Crippen molar-refractivity contribution < 1.29 is 14.2 Å². The van der Waals surface area contributed by atoms with Crippen molar-refractivity contribution in [3.8, 4) is 17.2 Å². The van der Waals surface area contributed by atoms with Gasteiger partial charge in [-0.1, -0.05) is 23.7 Å². The summed E-state index contributed by atoms with van der Waals surface area (Å²) < 4.78 is 16.4. The van der Waals surface area contributed by atoms with E-state index >= 15 is 0 Å². The molecule has 1 fully saturated rings. The second kappa shape index (κ2) is 10.2. The average Bonchev–Trinajstić information content (AvgIpc) is 2.73. The first-order valence-corrected chi connectivity index (χ1v) is 10.4. The number of rotatable bonds is 8. The van der Waals surface area contributed by atoms with Gasteiger partial charge in [0, 0.05) is 38.1 Å². The van der Waals surface area contributed by atoms with Gasteiger partial charge in [-0.15, -0.1) is 0 Å². The summed E-state index contributed by atoms with van der Waals surface area (Å²) in [4.78, 5) is 2.54. The van der Waals surface area contributed by atoms with Crippen LogP contribution in [0.1, 0.15) is 24.0 Å². The normalized spacial score (nSPS) is 18.3. The van der Waals surface area contributed by atoms with Crippen LogP contribution < -0.4 is 19.5 Å². The van der Waals surface area contributed by atoms with E-state index in [1.54, 1.807) is 21.3 Å². The van der Waals surface area contributed by atoms with Crippen molar-refractivity contribution in [2.75, 3.05) is 47.5 Å². The van der Waals surface area contributed by atoms with Crippen LogP contribution in [0, 0.1) is 0 Å². The Hall–Kier alpha value is -1.95. The Labute approximate surface area is 178 Å². The average molecular weight is 419 g/mol. The Morgan fingerprint density at radius 3 is 2.48 bits per heavy atom. The van der Waals surface area contributed by atoms with Crippen LogP contribution in [0.3, 0.4) is 0 Å². The van der Waals surface area contributed by atoms with Gasteiger partial charge in [0.2, 0.25) is 0 Å². The molecule has 2 unspecified atom stereocenters. The minimum absolute atomic E-state index is 0.310. The Morgan fingerprint density at radius 2 is 1.79 bits per heavy atom. The van der Waals surface area contributed by atoms with Gasteiger partial charge in [0.15, 0.2) is 11.5 Å². The van der Waals surface area contributed by atoms with E-state index in [9.17, 15) is 0 Å². The number of piperazine rings is 1. The van der Waals surface area contributed by atoms with E-state index in [4.69, 9.17) is 25.8 Å². The summed E-state index contributed by atoms with van der Waals surface area (Å²) in [5.41, 5.74) is 2.44. The summed E-state index contributed by atoms with van der Waals surface area (Å²) in [5.74, 6) is 2.53. The molecule has 0 saturated carbocycles. The van der Waals surface area contributed by atoms with E-state index in [0.717, 1.165) is 49.8 Å². The highest BCUT2D eigenvalue weighted by Crippen LogP contribution is 2.33. The van der Waals surface area contributed by atoms with E-state index in [2.05, 4.69) is 41.4 Å². The van der Waals surface area contributed by atoms with Crippen LogP contribution in [-0.4, -0.2) is 58.5 Å². The monoisotopic (exact) mass is 418 g/mol. The largest absolute Gasteiger partial charge is 0.495 e. The summed E-state index contributed by atoms with van der Waals surface area (Å²) in [7, 11) is 4.99. The van der Waals surface area contributed by atoms with Gasteiger partial charge in [0.1, 0.15) is 5.75 Å². The number of nitrogens with one attached hydrogen (secondary N) is 1. The highest BCUT2D eigenvalue weighted by atomic mass is 35.5. The second-order valence-electron chi connectivity index (χ2n) is 7.60. The predicted octanol–water partition coefficient (Wildman–Crippen LogP) is 3.99. The zero-order valence-corrected chi connectivity index (χ0v) is 18.5. The molecule has 1 aliphatic rings. The smallest absolute Gasteiger partial charge is 0.160 e. The number of benzene rings is 2. The van der Waals surface area contributed by atoms with Gasteiger partial charge >= 0.3 is 0 Å². The summed E-state index contributed by atoms with van der Waals surface area (Å²) >= 11 is 6.27. The molecule has 29 heavy (non-hydrogen) atoms. The Kier molecular flexibility index (Phi) is 7.64. The van der Waals surface area contributed by atoms with E-state index < -0.39 is 0 Å². The van der Waals surface area contributed by atoms with Crippen molar-refractivity contribution in [1.82, 2.24) is 10.2 Å². The van der Waals surface area contributed by atoms with Crippen molar-refractivity contribution in [2.24, 2.45) is 0 Å². The second-order valence-corrected chi connectivity index (χ2v) is 8.01. The molecule has 0 radical (unpaired) electrons. The van der Waals surface area contributed by atoms with Crippen LogP contribution in [0.15, 0.2) is 36.4 Å². The molecule has 3 rings (SSSR count). The van der Waals surface area contributed by atoms with Crippen LogP contribution in [0.5, 0.6) is 17.2 Å².